The lowest BCUT2D eigenvalue weighted by Gasteiger charge is -2.31. The van der Waals surface area contributed by atoms with Crippen molar-refractivity contribution < 1.29 is 9.53 Å². The van der Waals surface area contributed by atoms with Crippen molar-refractivity contribution in [3.63, 3.8) is 0 Å². The van der Waals surface area contributed by atoms with E-state index in [1.807, 2.05) is 6.07 Å². The lowest BCUT2D eigenvalue weighted by Crippen LogP contribution is -2.42. The van der Waals surface area contributed by atoms with E-state index in [0.717, 1.165) is 12.8 Å². The summed E-state index contributed by atoms with van der Waals surface area (Å²) in [6.07, 6.45) is 4.36. The van der Waals surface area contributed by atoms with Crippen molar-refractivity contribution in [1.29, 1.82) is 5.26 Å². The number of carbonyl (C=O) groups is 1. The second kappa shape index (κ2) is 6.00. The van der Waals surface area contributed by atoms with Crippen LogP contribution in [0.3, 0.4) is 0 Å². The Kier molecular flexibility index (Phi) is 4.13. The van der Waals surface area contributed by atoms with Crippen molar-refractivity contribution >= 4 is 11.9 Å². The van der Waals surface area contributed by atoms with Crippen molar-refractivity contribution in [2.45, 2.75) is 18.9 Å². The molecule has 0 spiro atoms. The van der Waals surface area contributed by atoms with E-state index in [-0.39, 0.29) is 12.1 Å². The highest BCUT2D eigenvalue weighted by atomic mass is 16.5. The molecule has 1 fully saturated rings. The Morgan fingerprint density at radius 1 is 1.47 bits per heavy atom. The summed E-state index contributed by atoms with van der Waals surface area (Å²) in [6, 6.07) is 2.18. The molecule has 0 radical (unpaired) electrons. The van der Waals surface area contributed by atoms with Crippen molar-refractivity contribution in [3.05, 3.63) is 18.1 Å². The third-order valence-electron chi connectivity index (χ3n) is 3.05. The smallest absolute Gasteiger partial charge is 0.409 e. The number of carbonyl (C=O) groups excluding carboxylic acids is 1. The fourth-order valence-electron chi connectivity index (χ4n) is 2.00. The van der Waals surface area contributed by atoms with Gasteiger partial charge in [0.25, 0.3) is 0 Å². The number of rotatable bonds is 2. The summed E-state index contributed by atoms with van der Waals surface area (Å²) in [5.41, 5.74) is 0.297. The van der Waals surface area contributed by atoms with Gasteiger partial charge in [-0.2, -0.15) is 5.26 Å². The van der Waals surface area contributed by atoms with Crippen LogP contribution in [0.25, 0.3) is 0 Å². The Morgan fingerprint density at radius 3 is 2.74 bits per heavy atom. The second-order valence-electron chi connectivity index (χ2n) is 4.27. The van der Waals surface area contributed by atoms with Crippen LogP contribution in [-0.2, 0) is 4.74 Å². The van der Waals surface area contributed by atoms with Crippen molar-refractivity contribution in [2.24, 2.45) is 0 Å². The van der Waals surface area contributed by atoms with Gasteiger partial charge in [-0.3, -0.25) is 0 Å². The molecule has 1 aromatic heterocycles. The quantitative estimate of drug-likeness (QED) is 0.853. The predicted molar refractivity (Wildman–Crippen MR) is 67.4 cm³/mol. The summed E-state index contributed by atoms with van der Waals surface area (Å²) in [5.74, 6) is 0.649. The van der Waals surface area contributed by atoms with Gasteiger partial charge in [-0.1, -0.05) is 0 Å². The summed E-state index contributed by atoms with van der Waals surface area (Å²) in [6.45, 7) is 1.32. The minimum absolute atomic E-state index is 0.253. The maximum Gasteiger partial charge on any atom is 0.409 e. The average molecular weight is 261 g/mol. The van der Waals surface area contributed by atoms with Crippen molar-refractivity contribution in [1.82, 2.24) is 14.9 Å². The van der Waals surface area contributed by atoms with E-state index < -0.39 is 0 Å². The molecule has 1 N–H and O–H groups in total. The van der Waals surface area contributed by atoms with Crippen LogP contribution in [0.15, 0.2) is 12.4 Å². The monoisotopic (exact) mass is 261 g/mol. The number of hydrogen-bond donors (Lipinski definition) is 1. The molecule has 0 aliphatic carbocycles. The van der Waals surface area contributed by atoms with Crippen LogP contribution in [0.2, 0.25) is 0 Å². The largest absolute Gasteiger partial charge is 0.453 e. The lowest BCUT2D eigenvalue weighted by molar-refractivity contribution is 0.113. The number of nitrogens with zero attached hydrogens (tertiary/aromatic N) is 4. The first-order chi connectivity index (χ1) is 9.22. The average Bonchev–Trinajstić information content (AvgIpc) is 2.48. The van der Waals surface area contributed by atoms with Gasteiger partial charge < -0.3 is 15.0 Å². The van der Waals surface area contributed by atoms with Gasteiger partial charge in [0.2, 0.25) is 0 Å². The molecule has 1 aliphatic rings. The first-order valence-corrected chi connectivity index (χ1v) is 6.04. The highest BCUT2D eigenvalue weighted by Crippen LogP contribution is 2.15. The predicted octanol–water partition coefficient (Wildman–Crippen LogP) is 0.991. The number of amides is 1. The molecule has 1 aromatic rings. The van der Waals surface area contributed by atoms with Gasteiger partial charge in [-0.05, 0) is 12.8 Å². The van der Waals surface area contributed by atoms with E-state index in [1.165, 1.54) is 13.3 Å². The molecule has 1 saturated heterocycles. The van der Waals surface area contributed by atoms with Crippen LogP contribution >= 0.6 is 0 Å². The molecule has 2 rings (SSSR count). The third kappa shape index (κ3) is 3.31. The molecule has 0 bridgehead atoms. The molecular formula is C12H15N5O2. The molecule has 0 atom stereocenters. The van der Waals surface area contributed by atoms with Gasteiger partial charge in [-0.15, -0.1) is 0 Å². The normalized spacial score (nSPS) is 15.7. The number of likely N-dealkylation sites (tertiary alicyclic amines) is 1. The summed E-state index contributed by atoms with van der Waals surface area (Å²) >= 11 is 0. The number of piperidine rings is 1. The summed E-state index contributed by atoms with van der Waals surface area (Å²) < 4.78 is 4.68. The molecular weight excluding hydrogens is 246 g/mol. The van der Waals surface area contributed by atoms with Gasteiger partial charge in [0, 0.05) is 19.1 Å². The summed E-state index contributed by atoms with van der Waals surface area (Å²) in [4.78, 5) is 21.1. The molecule has 19 heavy (non-hydrogen) atoms. The molecule has 7 heteroatoms. The highest BCUT2D eigenvalue weighted by Gasteiger charge is 2.23. The van der Waals surface area contributed by atoms with Gasteiger partial charge in [0.15, 0.2) is 5.69 Å². The highest BCUT2D eigenvalue weighted by molar-refractivity contribution is 5.67. The Hall–Kier alpha value is -2.36. The zero-order valence-electron chi connectivity index (χ0n) is 10.7. The third-order valence-corrected chi connectivity index (χ3v) is 3.05. The van der Waals surface area contributed by atoms with E-state index in [0.29, 0.717) is 24.6 Å². The van der Waals surface area contributed by atoms with Crippen LogP contribution in [0.5, 0.6) is 0 Å². The Bertz CT molecular complexity index is 474. The topological polar surface area (TPSA) is 91.1 Å². The zero-order chi connectivity index (χ0) is 13.7. The number of nitriles is 1. The minimum Gasteiger partial charge on any atom is -0.453 e. The fraction of sp³-hybridized carbons (Fsp3) is 0.500. The van der Waals surface area contributed by atoms with E-state index >= 15 is 0 Å². The van der Waals surface area contributed by atoms with E-state index in [1.54, 1.807) is 11.1 Å². The van der Waals surface area contributed by atoms with Gasteiger partial charge in [0.05, 0.1) is 19.5 Å². The van der Waals surface area contributed by atoms with Crippen LogP contribution in [0.4, 0.5) is 10.6 Å². The summed E-state index contributed by atoms with van der Waals surface area (Å²) in [5, 5.41) is 11.9. The standard InChI is InChI=1S/C12H15N5O2/c1-19-12(18)17-4-2-9(3-5-17)16-11-8-14-10(6-13)7-15-11/h7-9H,2-5H2,1H3,(H,15,16). The number of anilines is 1. The van der Waals surface area contributed by atoms with Crippen molar-refractivity contribution in [3.8, 4) is 6.07 Å². The van der Waals surface area contributed by atoms with Gasteiger partial charge in [0.1, 0.15) is 11.9 Å². The molecule has 2 heterocycles. The second-order valence-corrected chi connectivity index (χ2v) is 4.27. The van der Waals surface area contributed by atoms with Crippen LogP contribution in [0.1, 0.15) is 18.5 Å². The molecule has 0 saturated carbocycles. The van der Waals surface area contributed by atoms with Crippen molar-refractivity contribution in [2.75, 3.05) is 25.5 Å². The number of methoxy groups -OCH3 is 1. The van der Waals surface area contributed by atoms with E-state index in [9.17, 15) is 4.79 Å². The fourth-order valence-corrected chi connectivity index (χ4v) is 2.00. The number of aromatic nitrogens is 2. The first kappa shape index (κ1) is 13.1. The van der Waals surface area contributed by atoms with Crippen LogP contribution < -0.4 is 5.32 Å². The summed E-state index contributed by atoms with van der Waals surface area (Å²) in [7, 11) is 1.39. The molecule has 1 amide bonds. The zero-order valence-corrected chi connectivity index (χ0v) is 10.7. The molecule has 100 valence electrons. The Balaban J connectivity index is 1.85. The maximum atomic E-state index is 11.3. The number of ether oxygens (including phenoxy) is 1. The number of hydrogen-bond acceptors (Lipinski definition) is 6. The molecule has 1 aliphatic heterocycles. The van der Waals surface area contributed by atoms with Crippen LogP contribution in [-0.4, -0.2) is 47.2 Å². The first-order valence-electron chi connectivity index (χ1n) is 6.04. The Labute approximate surface area is 111 Å². The van der Waals surface area contributed by atoms with Crippen LogP contribution in [0, 0.1) is 11.3 Å². The molecule has 7 nitrogen and oxygen atoms in total. The minimum atomic E-state index is -0.281. The molecule has 0 unspecified atom stereocenters. The van der Waals surface area contributed by atoms with E-state index in [4.69, 9.17) is 5.26 Å². The molecule has 0 aromatic carbocycles. The number of nitrogens with one attached hydrogen (secondary N) is 1. The Morgan fingerprint density at radius 2 is 2.21 bits per heavy atom. The van der Waals surface area contributed by atoms with Gasteiger partial charge >= 0.3 is 6.09 Å². The van der Waals surface area contributed by atoms with E-state index in [2.05, 4.69) is 20.0 Å². The SMILES string of the molecule is COC(=O)N1CCC(Nc2cnc(C#N)cn2)CC1. The maximum absolute atomic E-state index is 11.3. The lowest BCUT2D eigenvalue weighted by atomic mass is 10.1. The van der Waals surface area contributed by atoms with Gasteiger partial charge in [-0.25, -0.2) is 14.8 Å².